The van der Waals surface area contributed by atoms with Gasteiger partial charge in [-0.15, -0.1) is 0 Å². The standard InChI is InChI=1S/C61H114O5.K/c1-4-7-10-13-16-19-22-25-28-31-34-37-40-43-46-49-52-64-58-55-57(61(62)63)56-59(65-53-50-47-44-41-38-35-32-29-26-23-20-17-14-11-8-5-2)60(58)66-54-51-48-45-42-39-36-33-30-27-24-21-18-15-12-9-6-3;/h55-56H,4-54H2,1-3H3,(H,62,63);/q;+1/p-1. The number of hydrogen-bond donors (Lipinski definition) is 0. The van der Waals surface area contributed by atoms with Crippen LogP contribution in [0.3, 0.4) is 0 Å². The van der Waals surface area contributed by atoms with Crippen molar-refractivity contribution in [2.45, 2.75) is 329 Å². The number of carboxylic acid groups (broad SMARTS) is 1. The van der Waals surface area contributed by atoms with Crippen LogP contribution in [0, 0.1) is 0 Å². The molecule has 0 aliphatic carbocycles. The summed E-state index contributed by atoms with van der Waals surface area (Å²) in [5.41, 5.74) is 0.0914. The first kappa shape index (κ1) is 66.7. The Bertz CT molecular complexity index is 1080. The second-order valence-corrected chi connectivity index (χ2v) is 20.5. The molecule has 0 heterocycles. The number of unbranched alkanes of at least 4 members (excludes halogenated alkanes) is 45. The zero-order chi connectivity index (χ0) is 47.5. The monoisotopic (exact) mass is 965 g/mol. The number of rotatable bonds is 55. The summed E-state index contributed by atoms with van der Waals surface area (Å²) in [5.74, 6) is 0.320. The molecule has 0 saturated heterocycles. The van der Waals surface area contributed by atoms with Crippen LogP contribution < -0.4 is 70.7 Å². The summed E-state index contributed by atoms with van der Waals surface area (Å²) in [4.78, 5) is 12.1. The molecule has 0 atom stereocenters. The summed E-state index contributed by atoms with van der Waals surface area (Å²) < 4.78 is 19.1. The SMILES string of the molecule is CCCCCCCCCCCCCCCCCCOc1cc(C(=O)[O-])cc(OCCCCCCCCCCCCCCCCCC)c1OCCCCCCCCCCCCCCCCCC.[K+]. The summed E-state index contributed by atoms with van der Waals surface area (Å²) >= 11 is 0. The molecule has 0 amide bonds. The molecule has 0 bridgehead atoms. The van der Waals surface area contributed by atoms with Crippen molar-refractivity contribution in [3.63, 3.8) is 0 Å². The van der Waals surface area contributed by atoms with E-state index >= 15 is 0 Å². The fourth-order valence-corrected chi connectivity index (χ4v) is 9.54. The minimum atomic E-state index is -1.21. The van der Waals surface area contributed by atoms with Gasteiger partial charge in [0.05, 0.1) is 25.8 Å². The Hall–Kier alpha value is -0.274. The first-order valence-corrected chi connectivity index (χ1v) is 29.9. The van der Waals surface area contributed by atoms with E-state index in [4.69, 9.17) is 14.2 Å². The van der Waals surface area contributed by atoms with Crippen molar-refractivity contribution in [1.29, 1.82) is 0 Å². The molecule has 1 aromatic rings. The van der Waals surface area contributed by atoms with E-state index in [9.17, 15) is 9.90 Å². The van der Waals surface area contributed by atoms with Crippen LogP contribution in [0.4, 0.5) is 0 Å². The van der Waals surface area contributed by atoms with Gasteiger partial charge in [-0.3, -0.25) is 0 Å². The predicted octanol–water partition coefficient (Wildman–Crippen LogP) is 17.0. The van der Waals surface area contributed by atoms with E-state index in [0.29, 0.717) is 37.1 Å². The van der Waals surface area contributed by atoms with Crippen LogP contribution in [0.2, 0.25) is 0 Å². The molecular weight excluding hydrogens is 852 g/mol. The van der Waals surface area contributed by atoms with Gasteiger partial charge in [-0.25, -0.2) is 0 Å². The van der Waals surface area contributed by atoms with Crippen LogP contribution in [0.15, 0.2) is 12.1 Å². The molecule has 6 heteroatoms. The summed E-state index contributed by atoms with van der Waals surface area (Å²) in [7, 11) is 0. The van der Waals surface area contributed by atoms with E-state index in [1.165, 1.54) is 270 Å². The molecule has 0 aliphatic rings. The van der Waals surface area contributed by atoms with Gasteiger partial charge in [0, 0.05) is 5.56 Å². The molecule has 67 heavy (non-hydrogen) atoms. The zero-order valence-electron chi connectivity index (χ0n) is 45.8. The van der Waals surface area contributed by atoms with Crippen molar-refractivity contribution < 1.29 is 75.5 Å². The minimum Gasteiger partial charge on any atom is -0.545 e. The van der Waals surface area contributed by atoms with E-state index in [1.54, 1.807) is 12.1 Å². The van der Waals surface area contributed by atoms with Gasteiger partial charge in [0.2, 0.25) is 5.75 Å². The number of aromatic carboxylic acids is 1. The summed E-state index contributed by atoms with van der Waals surface area (Å²) in [6, 6.07) is 3.18. The largest absolute Gasteiger partial charge is 1.00 e. The third kappa shape index (κ3) is 45.3. The summed E-state index contributed by atoms with van der Waals surface area (Å²) in [6.07, 6.45) is 63.9. The molecule has 0 aliphatic heterocycles. The topological polar surface area (TPSA) is 67.8 Å². The Morgan fingerprint density at radius 3 is 0.687 bits per heavy atom. The third-order valence-electron chi connectivity index (χ3n) is 14.0. The van der Waals surface area contributed by atoms with Crippen molar-refractivity contribution in [2.24, 2.45) is 0 Å². The Morgan fingerprint density at radius 2 is 0.493 bits per heavy atom. The van der Waals surface area contributed by atoms with Crippen LogP contribution in [0.25, 0.3) is 0 Å². The fraction of sp³-hybridized carbons (Fsp3) is 0.885. The van der Waals surface area contributed by atoms with Crippen molar-refractivity contribution in [2.75, 3.05) is 19.8 Å². The van der Waals surface area contributed by atoms with E-state index in [1.807, 2.05) is 0 Å². The maximum Gasteiger partial charge on any atom is 1.00 e. The molecule has 0 fully saturated rings. The van der Waals surface area contributed by atoms with Gasteiger partial charge in [0.1, 0.15) is 0 Å². The molecule has 388 valence electrons. The molecule has 0 saturated carbocycles. The Balaban J connectivity index is 0.0000436. The van der Waals surface area contributed by atoms with Crippen LogP contribution >= 0.6 is 0 Å². The van der Waals surface area contributed by atoms with Crippen LogP contribution in [-0.2, 0) is 0 Å². The zero-order valence-corrected chi connectivity index (χ0v) is 48.9. The maximum atomic E-state index is 12.1. The molecular formula is C61H113KO5. The second-order valence-electron chi connectivity index (χ2n) is 20.5. The van der Waals surface area contributed by atoms with Crippen LogP contribution in [-0.4, -0.2) is 25.8 Å². The van der Waals surface area contributed by atoms with Gasteiger partial charge < -0.3 is 24.1 Å². The number of benzene rings is 1. The van der Waals surface area contributed by atoms with E-state index in [-0.39, 0.29) is 56.9 Å². The Morgan fingerprint density at radius 1 is 0.313 bits per heavy atom. The van der Waals surface area contributed by atoms with Crippen LogP contribution in [0.1, 0.15) is 339 Å². The smallest absolute Gasteiger partial charge is 0.545 e. The number of carboxylic acids is 1. The molecule has 1 rings (SSSR count). The molecule has 1 aromatic carbocycles. The fourth-order valence-electron chi connectivity index (χ4n) is 9.54. The van der Waals surface area contributed by atoms with E-state index in [2.05, 4.69) is 20.8 Å². The average molecular weight is 966 g/mol. The summed E-state index contributed by atoms with van der Waals surface area (Å²) in [6.45, 7) is 8.54. The molecule has 0 N–H and O–H groups in total. The molecule has 0 aromatic heterocycles. The first-order chi connectivity index (χ1) is 32.6. The van der Waals surface area contributed by atoms with Gasteiger partial charge in [0.25, 0.3) is 0 Å². The molecule has 0 unspecified atom stereocenters. The summed E-state index contributed by atoms with van der Waals surface area (Å²) in [5, 5.41) is 12.1. The second kappa shape index (κ2) is 55.0. The molecule has 0 radical (unpaired) electrons. The van der Waals surface area contributed by atoms with Crippen molar-refractivity contribution in [3.05, 3.63) is 17.7 Å². The van der Waals surface area contributed by atoms with Crippen LogP contribution in [0.5, 0.6) is 17.2 Å². The molecule has 5 nitrogen and oxygen atoms in total. The van der Waals surface area contributed by atoms with Gasteiger partial charge >= 0.3 is 51.4 Å². The normalized spacial score (nSPS) is 11.3. The average Bonchev–Trinajstić information content (AvgIpc) is 3.32. The van der Waals surface area contributed by atoms with Crippen molar-refractivity contribution in [1.82, 2.24) is 0 Å². The van der Waals surface area contributed by atoms with E-state index in [0.717, 1.165) is 38.5 Å². The van der Waals surface area contributed by atoms with Crippen molar-refractivity contribution >= 4 is 5.97 Å². The van der Waals surface area contributed by atoms with Gasteiger partial charge in [-0.1, -0.05) is 310 Å². The van der Waals surface area contributed by atoms with Gasteiger partial charge in [-0.2, -0.15) is 0 Å². The van der Waals surface area contributed by atoms with Crippen molar-refractivity contribution in [3.8, 4) is 17.2 Å². The maximum absolute atomic E-state index is 12.1. The number of ether oxygens (including phenoxy) is 3. The number of hydrogen-bond acceptors (Lipinski definition) is 5. The number of carbonyl (C=O) groups is 1. The number of carbonyl (C=O) groups excluding carboxylic acids is 1. The Labute approximate surface area is 461 Å². The Kier molecular flexibility index (Phi) is 54.8. The third-order valence-corrected chi connectivity index (χ3v) is 14.0. The van der Waals surface area contributed by atoms with E-state index < -0.39 is 5.97 Å². The predicted molar refractivity (Wildman–Crippen MR) is 286 cm³/mol. The minimum absolute atomic E-state index is 0. The van der Waals surface area contributed by atoms with Gasteiger partial charge in [-0.05, 0) is 31.4 Å². The van der Waals surface area contributed by atoms with Gasteiger partial charge in [0.15, 0.2) is 11.5 Å². The molecule has 0 spiro atoms. The quantitative estimate of drug-likeness (QED) is 0.0481. The first-order valence-electron chi connectivity index (χ1n) is 29.9.